The van der Waals surface area contributed by atoms with Crippen molar-refractivity contribution in [2.24, 2.45) is 10.9 Å². The van der Waals surface area contributed by atoms with Gasteiger partial charge in [0.05, 0.1) is 0 Å². The number of hydrogen-bond acceptors (Lipinski definition) is 5. The number of nitrogens with zero attached hydrogens (tertiary/aromatic N) is 1. The summed E-state index contributed by atoms with van der Waals surface area (Å²) in [6.07, 6.45) is 2.18. The molecule has 0 saturated carbocycles. The molecule has 21 heavy (non-hydrogen) atoms. The summed E-state index contributed by atoms with van der Waals surface area (Å²) in [5, 5.41) is 14.5. The van der Waals surface area contributed by atoms with Crippen LogP contribution in [0.15, 0.2) is 29.4 Å². The third-order valence-electron chi connectivity index (χ3n) is 3.15. The molecule has 1 aromatic carbocycles. The normalized spacial score (nSPS) is 19.0. The van der Waals surface area contributed by atoms with Gasteiger partial charge in [-0.3, -0.25) is 4.79 Å². The maximum Gasteiger partial charge on any atom is 0.258 e. The molecule has 1 saturated heterocycles. The van der Waals surface area contributed by atoms with Crippen LogP contribution >= 0.6 is 11.8 Å². The van der Waals surface area contributed by atoms with Crippen LogP contribution in [0.5, 0.6) is 5.75 Å². The van der Waals surface area contributed by atoms with Gasteiger partial charge in [-0.05, 0) is 42.9 Å². The fraction of sp³-hybridized carbons (Fsp3) is 0.429. The predicted octanol–water partition coefficient (Wildman–Crippen LogP) is 1.17. The minimum atomic E-state index is -0.108. The molecule has 6 nitrogen and oxygen atoms in total. The Hall–Kier alpha value is -1.89. The Kier molecular flexibility index (Phi) is 5.74. The molecule has 0 aromatic heterocycles. The molecule has 0 aliphatic carbocycles. The van der Waals surface area contributed by atoms with Crippen LogP contribution in [0.2, 0.25) is 0 Å². The lowest BCUT2D eigenvalue weighted by molar-refractivity contribution is -0.123. The first-order chi connectivity index (χ1) is 10.2. The van der Waals surface area contributed by atoms with E-state index < -0.39 is 0 Å². The molecule has 0 bridgehead atoms. The average molecular weight is 309 g/mol. The molecular formula is C14H19N3O3S. The molecule has 7 heteroatoms. The molecule has 1 aliphatic rings. The largest absolute Gasteiger partial charge is 0.484 e. The minimum absolute atomic E-state index is 0.00984. The van der Waals surface area contributed by atoms with Crippen LogP contribution in [0, 0.1) is 0 Å². The highest BCUT2D eigenvalue weighted by Crippen LogP contribution is 2.17. The molecule has 114 valence electrons. The van der Waals surface area contributed by atoms with Crippen molar-refractivity contribution >= 4 is 23.5 Å². The number of amides is 1. The quantitative estimate of drug-likeness (QED) is 0.328. The van der Waals surface area contributed by atoms with Crippen molar-refractivity contribution in [3.05, 3.63) is 29.8 Å². The van der Waals surface area contributed by atoms with Crippen LogP contribution in [0.1, 0.15) is 18.4 Å². The van der Waals surface area contributed by atoms with E-state index in [4.69, 9.17) is 15.7 Å². The van der Waals surface area contributed by atoms with Gasteiger partial charge in [0.25, 0.3) is 5.91 Å². The van der Waals surface area contributed by atoms with Crippen molar-refractivity contribution < 1.29 is 14.7 Å². The van der Waals surface area contributed by atoms with Gasteiger partial charge < -0.3 is 21.0 Å². The Bertz CT molecular complexity index is 499. The second-order valence-electron chi connectivity index (χ2n) is 4.78. The number of amidine groups is 1. The molecule has 1 fully saturated rings. The van der Waals surface area contributed by atoms with Gasteiger partial charge in [0, 0.05) is 17.4 Å². The van der Waals surface area contributed by atoms with Crippen molar-refractivity contribution in [3.63, 3.8) is 0 Å². The Morgan fingerprint density at radius 2 is 2.24 bits per heavy atom. The van der Waals surface area contributed by atoms with Crippen molar-refractivity contribution in [1.82, 2.24) is 5.32 Å². The molecule has 1 aliphatic heterocycles. The van der Waals surface area contributed by atoms with Crippen LogP contribution in [-0.4, -0.2) is 41.1 Å². The SMILES string of the molecule is N/C(=N/O)c1ccc(OCC(=O)NC2CCCSC2)cc1. The van der Waals surface area contributed by atoms with E-state index in [1.165, 1.54) is 5.75 Å². The predicted molar refractivity (Wildman–Crippen MR) is 82.9 cm³/mol. The number of benzene rings is 1. The van der Waals surface area contributed by atoms with Crippen LogP contribution in [0.3, 0.4) is 0 Å². The Balaban J connectivity index is 1.78. The highest BCUT2D eigenvalue weighted by Gasteiger charge is 2.16. The Morgan fingerprint density at radius 1 is 1.48 bits per heavy atom. The van der Waals surface area contributed by atoms with E-state index in [2.05, 4.69) is 10.5 Å². The van der Waals surface area contributed by atoms with E-state index in [0.717, 1.165) is 18.6 Å². The molecular weight excluding hydrogens is 290 g/mol. The first kappa shape index (κ1) is 15.5. The van der Waals surface area contributed by atoms with Gasteiger partial charge in [0.15, 0.2) is 12.4 Å². The number of ether oxygens (including phenoxy) is 1. The summed E-state index contributed by atoms with van der Waals surface area (Å²) in [5.41, 5.74) is 6.05. The van der Waals surface area contributed by atoms with Gasteiger partial charge in [0.1, 0.15) is 5.75 Å². The molecule has 1 atom stereocenters. The number of thioether (sulfide) groups is 1. The first-order valence-electron chi connectivity index (χ1n) is 6.77. The Labute approximate surface area is 127 Å². The van der Waals surface area contributed by atoms with E-state index in [1.807, 2.05) is 11.8 Å². The van der Waals surface area contributed by atoms with Gasteiger partial charge in [-0.15, -0.1) is 0 Å². The van der Waals surface area contributed by atoms with E-state index in [1.54, 1.807) is 24.3 Å². The summed E-state index contributed by atoms with van der Waals surface area (Å²) in [4.78, 5) is 11.8. The second kappa shape index (κ2) is 7.78. The lowest BCUT2D eigenvalue weighted by atomic mass is 10.2. The van der Waals surface area contributed by atoms with Crippen LogP contribution < -0.4 is 15.8 Å². The summed E-state index contributed by atoms with van der Waals surface area (Å²) in [6.45, 7) is -0.00984. The zero-order valence-corrected chi connectivity index (χ0v) is 12.4. The number of rotatable bonds is 5. The summed E-state index contributed by atoms with van der Waals surface area (Å²) >= 11 is 1.87. The molecule has 1 heterocycles. The number of carbonyl (C=O) groups is 1. The van der Waals surface area contributed by atoms with Crippen molar-refractivity contribution in [2.45, 2.75) is 18.9 Å². The molecule has 0 radical (unpaired) electrons. The van der Waals surface area contributed by atoms with E-state index in [-0.39, 0.29) is 24.4 Å². The topological polar surface area (TPSA) is 96.9 Å². The standard InChI is InChI=1S/C14H19N3O3S/c15-14(17-19)10-3-5-12(6-4-10)20-8-13(18)16-11-2-1-7-21-9-11/h3-6,11,19H,1-2,7-9H2,(H2,15,17)(H,16,18). The van der Waals surface area contributed by atoms with Crippen LogP contribution in [0.4, 0.5) is 0 Å². The number of nitrogens with two attached hydrogens (primary N) is 1. The second-order valence-corrected chi connectivity index (χ2v) is 5.93. The number of nitrogens with one attached hydrogen (secondary N) is 1. The monoisotopic (exact) mass is 309 g/mol. The van der Waals surface area contributed by atoms with Crippen molar-refractivity contribution in [3.8, 4) is 5.75 Å². The van der Waals surface area contributed by atoms with E-state index in [9.17, 15) is 4.79 Å². The van der Waals surface area contributed by atoms with Gasteiger partial charge in [-0.1, -0.05) is 5.16 Å². The molecule has 0 spiro atoms. The molecule has 4 N–H and O–H groups in total. The zero-order valence-electron chi connectivity index (χ0n) is 11.6. The van der Waals surface area contributed by atoms with Crippen molar-refractivity contribution in [1.29, 1.82) is 0 Å². The maximum atomic E-state index is 11.8. The number of carbonyl (C=O) groups excluding carboxylic acids is 1. The number of hydrogen-bond donors (Lipinski definition) is 3. The number of oxime groups is 1. The van der Waals surface area contributed by atoms with Gasteiger partial charge >= 0.3 is 0 Å². The Morgan fingerprint density at radius 3 is 2.86 bits per heavy atom. The fourth-order valence-corrected chi connectivity index (χ4v) is 3.12. The van der Waals surface area contributed by atoms with E-state index in [0.29, 0.717) is 11.3 Å². The third kappa shape index (κ3) is 4.86. The maximum absolute atomic E-state index is 11.8. The summed E-state index contributed by atoms with van der Waals surface area (Å²) in [5.74, 6) is 2.64. The summed E-state index contributed by atoms with van der Waals surface area (Å²) in [6, 6.07) is 6.94. The molecule has 1 amide bonds. The summed E-state index contributed by atoms with van der Waals surface area (Å²) < 4.78 is 5.42. The minimum Gasteiger partial charge on any atom is -0.484 e. The highest BCUT2D eigenvalue weighted by atomic mass is 32.2. The third-order valence-corrected chi connectivity index (χ3v) is 4.37. The fourth-order valence-electron chi connectivity index (χ4n) is 2.05. The molecule has 1 aromatic rings. The van der Waals surface area contributed by atoms with Gasteiger partial charge in [-0.2, -0.15) is 11.8 Å². The van der Waals surface area contributed by atoms with Crippen LogP contribution in [-0.2, 0) is 4.79 Å². The van der Waals surface area contributed by atoms with Gasteiger partial charge in [0.2, 0.25) is 0 Å². The lowest BCUT2D eigenvalue weighted by Gasteiger charge is -2.22. The highest BCUT2D eigenvalue weighted by molar-refractivity contribution is 7.99. The zero-order chi connectivity index (χ0) is 15.1. The summed E-state index contributed by atoms with van der Waals surface area (Å²) in [7, 11) is 0. The molecule has 1 unspecified atom stereocenters. The van der Waals surface area contributed by atoms with Crippen molar-refractivity contribution in [2.75, 3.05) is 18.1 Å². The van der Waals surface area contributed by atoms with Gasteiger partial charge in [-0.25, -0.2) is 0 Å². The molecule has 2 rings (SSSR count). The first-order valence-corrected chi connectivity index (χ1v) is 7.92. The van der Waals surface area contributed by atoms with Crippen LogP contribution in [0.25, 0.3) is 0 Å². The smallest absolute Gasteiger partial charge is 0.258 e. The average Bonchev–Trinajstić information content (AvgIpc) is 2.53. The lowest BCUT2D eigenvalue weighted by Crippen LogP contribution is -2.40. The van der Waals surface area contributed by atoms with E-state index >= 15 is 0 Å².